The van der Waals surface area contributed by atoms with Gasteiger partial charge < -0.3 is 10.1 Å². The summed E-state index contributed by atoms with van der Waals surface area (Å²) in [7, 11) is 0. The number of hydrogen-bond donors (Lipinski definition) is 1. The summed E-state index contributed by atoms with van der Waals surface area (Å²) in [6.45, 7) is 3.76. The van der Waals surface area contributed by atoms with Crippen molar-refractivity contribution in [3.8, 4) is 11.5 Å². The average Bonchev–Trinajstić information content (AvgIpc) is 3.11. The molecule has 0 radical (unpaired) electrons. The third-order valence-corrected chi connectivity index (χ3v) is 4.22. The minimum atomic E-state index is -0.253. The summed E-state index contributed by atoms with van der Waals surface area (Å²) >= 11 is 0. The summed E-state index contributed by atoms with van der Waals surface area (Å²) in [5, 5.41) is 7.20. The van der Waals surface area contributed by atoms with E-state index in [1.807, 2.05) is 49.4 Å². The fraction of sp³-hybridized carbons (Fsp3) is 0.143. The van der Waals surface area contributed by atoms with Crippen LogP contribution >= 0.6 is 0 Å². The number of aromatic nitrogens is 4. The molecule has 0 unspecified atom stereocenters. The molecule has 2 heterocycles. The Kier molecular flexibility index (Phi) is 4.72. The number of ether oxygens (including phenoxy) is 1. The van der Waals surface area contributed by atoms with Crippen molar-refractivity contribution in [3.63, 3.8) is 0 Å². The number of hydrogen-bond acceptors (Lipinski definition) is 5. The first-order valence-corrected chi connectivity index (χ1v) is 8.99. The van der Waals surface area contributed by atoms with Crippen LogP contribution in [0.25, 0.3) is 5.78 Å². The van der Waals surface area contributed by atoms with Crippen LogP contribution in [-0.2, 0) is 6.42 Å². The van der Waals surface area contributed by atoms with Crippen molar-refractivity contribution in [3.05, 3.63) is 77.9 Å². The second kappa shape index (κ2) is 7.48. The van der Waals surface area contributed by atoms with E-state index in [2.05, 4.69) is 20.4 Å². The molecule has 0 fully saturated rings. The van der Waals surface area contributed by atoms with Gasteiger partial charge in [0.2, 0.25) is 0 Å². The molecule has 0 aliphatic heterocycles. The van der Waals surface area contributed by atoms with Crippen molar-refractivity contribution in [2.75, 3.05) is 5.32 Å². The number of nitrogens with one attached hydrogen (secondary N) is 1. The van der Waals surface area contributed by atoms with Gasteiger partial charge in [0.15, 0.2) is 5.82 Å². The van der Waals surface area contributed by atoms with Crippen LogP contribution < -0.4 is 10.1 Å². The fourth-order valence-corrected chi connectivity index (χ4v) is 2.75. The van der Waals surface area contributed by atoms with E-state index in [0.717, 1.165) is 5.75 Å². The van der Waals surface area contributed by atoms with E-state index in [4.69, 9.17) is 4.74 Å². The van der Waals surface area contributed by atoms with E-state index < -0.39 is 0 Å². The van der Waals surface area contributed by atoms with E-state index in [9.17, 15) is 4.79 Å². The van der Waals surface area contributed by atoms with Crippen molar-refractivity contribution < 1.29 is 9.53 Å². The standard InChI is InChI=1S/C21H19N5O2/c1-3-19-24-21-22-14(2)18(13-26(21)25-19)20(27)23-15-9-11-17(12-10-15)28-16-7-5-4-6-8-16/h4-13H,3H2,1-2H3,(H,23,27). The summed E-state index contributed by atoms with van der Waals surface area (Å²) in [6, 6.07) is 16.7. The molecule has 0 spiro atoms. The number of carbonyl (C=O) groups excluding carboxylic acids is 1. The molecule has 7 nitrogen and oxygen atoms in total. The van der Waals surface area contributed by atoms with Gasteiger partial charge in [-0.15, -0.1) is 5.10 Å². The number of fused-ring (bicyclic) bond motifs is 1. The highest BCUT2D eigenvalue weighted by molar-refractivity contribution is 6.04. The molecule has 1 amide bonds. The first-order valence-electron chi connectivity index (χ1n) is 8.99. The number of nitrogens with zero attached hydrogens (tertiary/aromatic N) is 4. The number of amides is 1. The molecule has 7 heteroatoms. The minimum Gasteiger partial charge on any atom is -0.457 e. The lowest BCUT2D eigenvalue weighted by molar-refractivity contribution is 0.102. The molecule has 0 atom stereocenters. The SMILES string of the molecule is CCc1nc2nc(C)c(C(=O)Nc3ccc(Oc4ccccc4)cc3)cn2n1. The Morgan fingerprint density at radius 1 is 1.04 bits per heavy atom. The molecule has 0 bridgehead atoms. The Labute approximate surface area is 162 Å². The molecule has 140 valence electrons. The van der Waals surface area contributed by atoms with E-state index in [1.54, 1.807) is 25.3 Å². The van der Waals surface area contributed by atoms with Gasteiger partial charge in [-0.1, -0.05) is 25.1 Å². The molecule has 2 aromatic carbocycles. The molecule has 4 aromatic rings. The molecule has 2 aromatic heterocycles. The smallest absolute Gasteiger partial charge is 0.259 e. The Morgan fingerprint density at radius 2 is 1.75 bits per heavy atom. The monoisotopic (exact) mass is 373 g/mol. The Hall–Kier alpha value is -3.74. The van der Waals surface area contributed by atoms with Crippen LogP contribution in [0.2, 0.25) is 0 Å². The number of para-hydroxylation sites is 1. The first kappa shape index (κ1) is 17.7. The van der Waals surface area contributed by atoms with Crippen molar-refractivity contribution in [1.29, 1.82) is 0 Å². The number of carbonyl (C=O) groups is 1. The van der Waals surface area contributed by atoms with E-state index in [0.29, 0.717) is 40.7 Å². The Balaban J connectivity index is 1.50. The summed E-state index contributed by atoms with van der Waals surface area (Å²) in [5.74, 6) is 2.38. The van der Waals surface area contributed by atoms with Crippen LogP contribution in [-0.4, -0.2) is 25.5 Å². The fourth-order valence-electron chi connectivity index (χ4n) is 2.75. The maximum Gasteiger partial charge on any atom is 0.259 e. The molecule has 28 heavy (non-hydrogen) atoms. The molecule has 0 aliphatic carbocycles. The zero-order valence-electron chi connectivity index (χ0n) is 15.6. The summed E-state index contributed by atoms with van der Waals surface area (Å²) in [5.41, 5.74) is 1.71. The molecular weight excluding hydrogens is 354 g/mol. The third-order valence-electron chi connectivity index (χ3n) is 4.22. The van der Waals surface area contributed by atoms with Crippen LogP contribution in [0.5, 0.6) is 11.5 Å². The molecule has 1 N–H and O–H groups in total. The average molecular weight is 373 g/mol. The Morgan fingerprint density at radius 3 is 2.46 bits per heavy atom. The quantitative estimate of drug-likeness (QED) is 0.571. The van der Waals surface area contributed by atoms with Crippen molar-refractivity contribution >= 4 is 17.4 Å². The van der Waals surface area contributed by atoms with Gasteiger partial charge in [0, 0.05) is 18.3 Å². The highest BCUT2D eigenvalue weighted by atomic mass is 16.5. The zero-order valence-corrected chi connectivity index (χ0v) is 15.6. The molecule has 4 rings (SSSR count). The number of benzene rings is 2. The van der Waals surface area contributed by atoms with Crippen molar-refractivity contribution in [2.24, 2.45) is 0 Å². The number of aryl methyl sites for hydroxylation is 2. The highest BCUT2D eigenvalue weighted by Crippen LogP contribution is 2.23. The van der Waals surface area contributed by atoms with Gasteiger partial charge in [-0.25, -0.2) is 9.50 Å². The molecule has 0 saturated carbocycles. The van der Waals surface area contributed by atoms with Gasteiger partial charge in [0.1, 0.15) is 11.5 Å². The van der Waals surface area contributed by atoms with Crippen LogP contribution in [0, 0.1) is 6.92 Å². The normalized spacial score (nSPS) is 10.8. The van der Waals surface area contributed by atoms with Crippen LogP contribution in [0.4, 0.5) is 5.69 Å². The number of rotatable bonds is 5. The second-order valence-corrected chi connectivity index (χ2v) is 6.26. The van der Waals surface area contributed by atoms with Gasteiger partial charge in [-0.05, 0) is 43.3 Å². The lowest BCUT2D eigenvalue weighted by atomic mass is 10.2. The lowest BCUT2D eigenvalue weighted by Crippen LogP contribution is -2.15. The van der Waals surface area contributed by atoms with Gasteiger partial charge >= 0.3 is 0 Å². The van der Waals surface area contributed by atoms with Crippen LogP contribution in [0.1, 0.15) is 28.8 Å². The summed E-state index contributed by atoms with van der Waals surface area (Å²) < 4.78 is 7.30. The van der Waals surface area contributed by atoms with Gasteiger partial charge in [0.05, 0.1) is 11.3 Å². The van der Waals surface area contributed by atoms with E-state index in [1.165, 1.54) is 4.52 Å². The third kappa shape index (κ3) is 3.68. The number of anilines is 1. The lowest BCUT2D eigenvalue weighted by Gasteiger charge is -2.09. The van der Waals surface area contributed by atoms with Crippen molar-refractivity contribution in [1.82, 2.24) is 19.6 Å². The summed E-state index contributed by atoms with van der Waals surface area (Å²) in [4.78, 5) is 21.4. The van der Waals surface area contributed by atoms with E-state index in [-0.39, 0.29) is 5.91 Å². The van der Waals surface area contributed by atoms with Crippen LogP contribution in [0.3, 0.4) is 0 Å². The Bertz CT molecular complexity index is 1120. The predicted molar refractivity (Wildman–Crippen MR) is 106 cm³/mol. The molecular formula is C21H19N5O2. The predicted octanol–water partition coefficient (Wildman–Crippen LogP) is 4.04. The summed E-state index contributed by atoms with van der Waals surface area (Å²) in [6.07, 6.45) is 2.37. The second-order valence-electron chi connectivity index (χ2n) is 6.26. The maximum absolute atomic E-state index is 12.7. The highest BCUT2D eigenvalue weighted by Gasteiger charge is 2.14. The molecule has 0 aliphatic rings. The first-order chi connectivity index (χ1) is 13.6. The topological polar surface area (TPSA) is 81.4 Å². The van der Waals surface area contributed by atoms with Gasteiger partial charge in [-0.3, -0.25) is 4.79 Å². The van der Waals surface area contributed by atoms with Crippen molar-refractivity contribution in [2.45, 2.75) is 20.3 Å². The largest absolute Gasteiger partial charge is 0.457 e. The zero-order chi connectivity index (χ0) is 19.5. The van der Waals surface area contributed by atoms with Gasteiger partial charge in [-0.2, -0.15) is 4.98 Å². The van der Waals surface area contributed by atoms with E-state index >= 15 is 0 Å². The minimum absolute atomic E-state index is 0.253. The van der Waals surface area contributed by atoms with Gasteiger partial charge in [0.25, 0.3) is 11.7 Å². The molecule has 0 saturated heterocycles. The maximum atomic E-state index is 12.7. The van der Waals surface area contributed by atoms with Crippen LogP contribution in [0.15, 0.2) is 60.8 Å².